The van der Waals surface area contributed by atoms with Crippen molar-refractivity contribution in [3.05, 3.63) is 46.0 Å². The third kappa shape index (κ3) is 3.11. The van der Waals surface area contributed by atoms with Gasteiger partial charge < -0.3 is 0 Å². The molecule has 1 saturated carbocycles. The topological polar surface area (TPSA) is 37.6 Å². The van der Waals surface area contributed by atoms with E-state index >= 15 is 0 Å². The fraction of sp³-hybridized carbons (Fsp3) is 0.579. The molecule has 4 nitrogen and oxygen atoms in total. The highest BCUT2D eigenvalue weighted by Crippen LogP contribution is 2.42. The molecule has 2 aromatic heterocycles. The molecule has 0 unspecified atom stereocenters. The van der Waals surface area contributed by atoms with Crippen LogP contribution in [0, 0.1) is 6.92 Å². The molecule has 4 rings (SSSR count). The van der Waals surface area contributed by atoms with Gasteiger partial charge in [0.2, 0.25) is 0 Å². The molecular weight excluding hydrogens is 318 g/mol. The molecule has 1 spiro atoms. The second-order valence-electron chi connectivity index (χ2n) is 7.25. The van der Waals surface area contributed by atoms with Crippen molar-refractivity contribution in [3.63, 3.8) is 0 Å². The monoisotopic (exact) mass is 343 g/mol. The SMILES string of the molecule is Cc1cccc2nc(CN3CCSC4(CCCCC4)C3)cc(=O)n12. The smallest absolute Gasteiger partial charge is 0.258 e. The maximum atomic E-state index is 12.5. The molecule has 0 atom stereocenters. The fourth-order valence-corrected chi connectivity index (χ4v) is 5.86. The van der Waals surface area contributed by atoms with Crippen LogP contribution in [-0.4, -0.2) is 37.9 Å². The first kappa shape index (κ1) is 16.2. The summed E-state index contributed by atoms with van der Waals surface area (Å²) in [5.41, 5.74) is 2.64. The van der Waals surface area contributed by atoms with Crippen molar-refractivity contribution in [2.24, 2.45) is 0 Å². The molecule has 128 valence electrons. The molecule has 2 fully saturated rings. The Hall–Kier alpha value is -1.33. The lowest BCUT2D eigenvalue weighted by Gasteiger charge is -2.44. The van der Waals surface area contributed by atoms with Gasteiger partial charge in [-0.3, -0.25) is 14.1 Å². The molecule has 0 N–H and O–H groups in total. The standard InChI is InChI=1S/C19H25N3OS/c1-15-6-5-7-17-20-16(12-18(23)22(15)17)13-21-10-11-24-19(14-21)8-3-2-4-9-19/h5-7,12H,2-4,8-11,13-14H2,1H3. The van der Waals surface area contributed by atoms with Crippen LogP contribution >= 0.6 is 11.8 Å². The van der Waals surface area contributed by atoms with Gasteiger partial charge in [-0.05, 0) is 31.9 Å². The van der Waals surface area contributed by atoms with Gasteiger partial charge in [0.25, 0.3) is 5.56 Å². The average molecular weight is 343 g/mol. The number of thioether (sulfide) groups is 1. The highest BCUT2D eigenvalue weighted by Gasteiger charge is 2.37. The lowest BCUT2D eigenvalue weighted by atomic mass is 9.87. The van der Waals surface area contributed by atoms with Crippen molar-refractivity contribution in [2.45, 2.75) is 50.3 Å². The summed E-state index contributed by atoms with van der Waals surface area (Å²) in [4.78, 5) is 19.7. The maximum Gasteiger partial charge on any atom is 0.258 e. The molecule has 0 radical (unpaired) electrons. The van der Waals surface area contributed by atoms with Crippen molar-refractivity contribution < 1.29 is 0 Å². The van der Waals surface area contributed by atoms with E-state index < -0.39 is 0 Å². The van der Waals surface area contributed by atoms with E-state index in [1.165, 1.54) is 37.9 Å². The maximum absolute atomic E-state index is 12.5. The zero-order chi connectivity index (χ0) is 16.6. The minimum Gasteiger partial charge on any atom is -0.295 e. The van der Waals surface area contributed by atoms with Crippen molar-refractivity contribution in [3.8, 4) is 0 Å². The van der Waals surface area contributed by atoms with E-state index in [1.807, 2.05) is 25.1 Å². The molecular formula is C19H25N3OS. The van der Waals surface area contributed by atoms with E-state index in [-0.39, 0.29) is 5.56 Å². The van der Waals surface area contributed by atoms with Crippen LogP contribution in [0.5, 0.6) is 0 Å². The van der Waals surface area contributed by atoms with Gasteiger partial charge in [-0.1, -0.05) is 25.3 Å². The van der Waals surface area contributed by atoms with Gasteiger partial charge in [-0.2, -0.15) is 11.8 Å². The largest absolute Gasteiger partial charge is 0.295 e. The van der Waals surface area contributed by atoms with Crippen molar-refractivity contribution in [1.82, 2.24) is 14.3 Å². The minimum absolute atomic E-state index is 0.0341. The third-order valence-corrected chi connectivity index (χ3v) is 6.95. The van der Waals surface area contributed by atoms with E-state index in [2.05, 4.69) is 16.7 Å². The Bertz CT molecular complexity index is 789. The van der Waals surface area contributed by atoms with Gasteiger partial charge in [0.1, 0.15) is 5.65 Å². The molecule has 24 heavy (non-hydrogen) atoms. The van der Waals surface area contributed by atoms with Gasteiger partial charge >= 0.3 is 0 Å². The van der Waals surface area contributed by atoms with E-state index in [0.29, 0.717) is 4.75 Å². The average Bonchev–Trinajstić information content (AvgIpc) is 2.55. The van der Waals surface area contributed by atoms with Gasteiger partial charge in [-0.15, -0.1) is 0 Å². The van der Waals surface area contributed by atoms with Gasteiger partial charge in [0, 0.05) is 41.9 Å². The van der Waals surface area contributed by atoms with E-state index in [1.54, 1.807) is 10.5 Å². The number of aryl methyl sites for hydroxylation is 1. The zero-order valence-corrected chi connectivity index (χ0v) is 15.1. The Kier molecular flexibility index (Phi) is 4.39. The van der Waals surface area contributed by atoms with Crippen LogP contribution in [0.1, 0.15) is 43.5 Å². The summed E-state index contributed by atoms with van der Waals surface area (Å²) < 4.78 is 2.15. The Balaban J connectivity index is 1.57. The van der Waals surface area contributed by atoms with Crippen LogP contribution in [0.15, 0.2) is 29.1 Å². The van der Waals surface area contributed by atoms with Crippen molar-refractivity contribution >= 4 is 17.4 Å². The first-order valence-electron chi connectivity index (χ1n) is 9.00. The van der Waals surface area contributed by atoms with Gasteiger partial charge in [-0.25, -0.2) is 4.98 Å². The molecule has 1 aliphatic heterocycles. The number of pyridine rings is 1. The molecule has 2 aliphatic rings. The highest BCUT2D eigenvalue weighted by atomic mass is 32.2. The number of nitrogens with zero attached hydrogens (tertiary/aromatic N) is 3. The van der Waals surface area contributed by atoms with Crippen LogP contribution in [-0.2, 0) is 6.54 Å². The number of hydrogen-bond acceptors (Lipinski definition) is 4. The number of rotatable bonds is 2. The Morgan fingerprint density at radius 1 is 1.25 bits per heavy atom. The lowest BCUT2D eigenvalue weighted by molar-refractivity contribution is 0.210. The summed E-state index contributed by atoms with van der Waals surface area (Å²) >= 11 is 2.18. The predicted molar refractivity (Wildman–Crippen MR) is 99.8 cm³/mol. The number of fused-ring (bicyclic) bond motifs is 1. The van der Waals surface area contributed by atoms with Gasteiger partial charge in [0.05, 0.1) is 5.69 Å². The van der Waals surface area contributed by atoms with E-state index in [9.17, 15) is 4.79 Å². The summed E-state index contributed by atoms with van der Waals surface area (Å²) in [6.45, 7) is 4.99. The lowest BCUT2D eigenvalue weighted by Crippen LogP contribution is -2.47. The Morgan fingerprint density at radius 2 is 2.08 bits per heavy atom. The Labute approximate surface area is 147 Å². The normalized spacial score (nSPS) is 21.4. The fourth-order valence-electron chi connectivity index (χ4n) is 4.23. The van der Waals surface area contributed by atoms with Crippen molar-refractivity contribution in [2.75, 3.05) is 18.8 Å². The summed E-state index contributed by atoms with van der Waals surface area (Å²) in [6, 6.07) is 7.56. The summed E-state index contributed by atoms with van der Waals surface area (Å²) in [5, 5.41) is 0. The summed E-state index contributed by atoms with van der Waals surface area (Å²) in [7, 11) is 0. The van der Waals surface area contributed by atoms with Crippen LogP contribution < -0.4 is 5.56 Å². The zero-order valence-electron chi connectivity index (χ0n) is 14.3. The van der Waals surface area contributed by atoms with E-state index in [4.69, 9.17) is 4.98 Å². The second kappa shape index (κ2) is 6.52. The first-order valence-corrected chi connectivity index (χ1v) is 9.98. The summed E-state index contributed by atoms with van der Waals surface area (Å²) in [5.74, 6) is 1.20. The first-order chi connectivity index (χ1) is 11.7. The molecule has 3 heterocycles. The molecule has 1 saturated heterocycles. The second-order valence-corrected chi connectivity index (χ2v) is 8.81. The molecule has 0 aromatic carbocycles. The molecule has 0 amide bonds. The summed E-state index contributed by atoms with van der Waals surface area (Å²) in [6.07, 6.45) is 6.83. The quantitative estimate of drug-likeness (QED) is 0.839. The third-order valence-electron chi connectivity index (χ3n) is 5.41. The molecule has 1 aliphatic carbocycles. The highest BCUT2D eigenvalue weighted by molar-refractivity contribution is 8.00. The minimum atomic E-state index is 0.0341. The van der Waals surface area contributed by atoms with E-state index in [0.717, 1.165) is 36.7 Å². The van der Waals surface area contributed by atoms with Gasteiger partial charge in [0.15, 0.2) is 0 Å². The Morgan fingerprint density at radius 3 is 2.92 bits per heavy atom. The predicted octanol–water partition coefficient (Wildman–Crippen LogP) is 3.25. The number of hydrogen-bond donors (Lipinski definition) is 0. The van der Waals surface area contributed by atoms with Crippen LogP contribution in [0.3, 0.4) is 0 Å². The number of aromatic nitrogens is 2. The molecule has 2 aromatic rings. The molecule has 0 bridgehead atoms. The molecule has 5 heteroatoms. The van der Waals surface area contributed by atoms with Crippen LogP contribution in [0.2, 0.25) is 0 Å². The van der Waals surface area contributed by atoms with Crippen LogP contribution in [0.25, 0.3) is 5.65 Å². The van der Waals surface area contributed by atoms with Crippen molar-refractivity contribution in [1.29, 1.82) is 0 Å². The van der Waals surface area contributed by atoms with Crippen LogP contribution in [0.4, 0.5) is 0 Å².